The minimum absolute atomic E-state index is 0.182. The van der Waals surface area contributed by atoms with E-state index in [4.69, 9.17) is 9.47 Å². The zero-order chi connectivity index (χ0) is 13.3. The van der Waals surface area contributed by atoms with Gasteiger partial charge in [0.2, 0.25) is 5.79 Å². The number of ketones is 2. The Balaban J connectivity index is 2.49. The van der Waals surface area contributed by atoms with E-state index in [1.54, 1.807) is 30.4 Å². The van der Waals surface area contributed by atoms with E-state index in [9.17, 15) is 9.59 Å². The van der Waals surface area contributed by atoms with Crippen LogP contribution >= 0.6 is 0 Å². The first-order valence-electron chi connectivity index (χ1n) is 5.53. The summed E-state index contributed by atoms with van der Waals surface area (Å²) in [6, 6.07) is 0. The summed E-state index contributed by atoms with van der Waals surface area (Å²) in [6.07, 6.45) is 8.37. The number of ether oxygens (including phenoxy) is 2. The topological polar surface area (TPSA) is 52.6 Å². The lowest BCUT2D eigenvalue weighted by molar-refractivity contribution is -0.135. The van der Waals surface area contributed by atoms with Crippen molar-refractivity contribution in [3.8, 4) is 0 Å². The summed E-state index contributed by atoms with van der Waals surface area (Å²) < 4.78 is 10.5. The molecule has 4 nitrogen and oxygen atoms in total. The van der Waals surface area contributed by atoms with E-state index >= 15 is 0 Å². The summed E-state index contributed by atoms with van der Waals surface area (Å²) >= 11 is 0. The van der Waals surface area contributed by atoms with Gasteiger partial charge in [-0.2, -0.15) is 0 Å². The van der Waals surface area contributed by atoms with E-state index < -0.39 is 5.79 Å². The van der Waals surface area contributed by atoms with Crippen molar-refractivity contribution in [3.63, 3.8) is 0 Å². The third kappa shape index (κ3) is 1.89. The standard InChI is InChI=1S/C14H14O4/c1-9(15)11-5-4-10-6-7-14(17-2,18-3)8-12(10)13(11)16/h4-8H,1-3H3. The number of hydrogen-bond acceptors (Lipinski definition) is 4. The molecule has 0 aromatic carbocycles. The normalized spacial score (nSPS) is 20.8. The van der Waals surface area contributed by atoms with Gasteiger partial charge in [-0.3, -0.25) is 9.59 Å². The Morgan fingerprint density at radius 1 is 1.22 bits per heavy atom. The molecule has 0 amide bonds. The van der Waals surface area contributed by atoms with Gasteiger partial charge in [0.15, 0.2) is 11.6 Å². The first-order valence-corrected chi connectivity index (χ1v) is 5.53. The van der Waals surface area contributed by atoms with Crippen LogP contribution in [-0.2, 0) is 19.1 Å². The fourth-order valence-corrected chi connectivity index (χ4v) is 1.98. The third-order valence-electron chi connectivity index (χ3n) is 3.09. The van der Waals surface area contributed by atoms with Gasteiger partial charge in [-0.15, -0.1) is 0 Å². The van der Waals surface area contributed by atoms with Crippen molar-refractivity contribution in [2.24, 2.45) is 0 Å². The largest absolute Gasteiger partial charge is 0.346 e. The molecule has 0 saturated heterocycles. The molecule has 2 rings (SSSR count). The Morgan fingerprint density at radius 2 is 1.89 bits per heavy atom. The van der Waals surface area contributed by atoms with Gasteiger partial charge < -0.3 is 9.47 Å². The molecule has 0 saturated carbocycles. The SMILES string of the molecule is COC1(OC)C=CC2=CC=C(C(C)=O)C(=O)C2=C1. The molecule has 0 fully saturated rings. The van der Waals surface area contributed by atoms with E-state index in [2.05, 4.69) is 0 Å². The summed E-state index contributed by atoms with van der Waals surface area (Å²) in [5.74, 6) is -1.57. The highest BCUT2D eigenvalue weighted by atomic mass is 16.7. The van der Waals surface area contributed by atoms with Crippen LogP contribution in [0.3, 0.4) is 0 Å². The average Bonchev–Trinajstić information content (AvgIpc) is 2.38. The molecule has 0 aliphatic heterocycles. The molecule has 0 bridgehead atoms. The molecule has 2 aliphatic rings. The minimum Gasteiger partial charge on any atom is -0.346 e. The second-order valence-corrected chi connectivity index (χ2v) is 4.11. The van der Waals surface area contributed by atoms with Crippen LogP contribution in [0.5, 0.6) is 0 Å². The van der Waals surface area contributed by atoms with Crippen molar-refractivity contribution in [2.45, 2.75) is 12.7 Å². The smallest absolute Gasteiger partial charge is 0.208 e. The first kappa shape index (κ1) is 12.7. The summed E-state index contributed by atoms with van der Waals surface area (Å²) in [4.78, 5) is 23.5. The molecular formula is C14H14O4. The molecule has 0 N–H and O–H groups in total. The second-order valence-electron chi connectivity index (χ2n) is 4.11. The molecule has 0 spiro atoms. The molecular weight excluding hydrogens is 232 g/mol. The molecule has 0 unspecified atom stereocenters. The summed E-state index contributed by atoms with van der Waals surface area (Å²) in [7, 11) is 2.99. The Kier molecular flexibility index (Phi) is 3.15. The Hall–Kier alpha value is -1.78. The number of carbonyl (C=O) groups is 2. The van der Waals surface area contributed by atoms with Gasteiger partial charge in [-0.05, 0) is 30.7 Å². The number of methoxy groups -OCH3 is 2. The van der Waals surface area contributed by atoms with Gasteiger partial charge in [0.25, 0.3) is 0 Å². The van der Waals surface area contributed by atoms with Crippen LogP contribution in [0, 0.1) is 0 Å². The van der Waals surface area contributed by atoms with Crippen LogP contribution in [0.2, 0.25) is 0 Å². The van der Waals surface area contributed by atoms with Crippen molar-refractivity contribution >= 4 is 11.6 Å². The molecule has 0 aromatic rings. The highest BCUT2D eigenvalue weighted by molar-refractivity contribution is 6.28. The number of carbonyl (C=O) groups excluding carboxylic acids is 2. The molecule has 0 atom stereocenters. The quantitative estimate of drug-likeness (QED) is 0.559. The fourth-order valence-electron chi connectivity index (χ4n) is 1.98. The third-order valence-corrected chi connectivity index (χ3v) is 3.09. The van der Waals surface area contributed by atoms with E-state index in [0.29, 0.717) is 5.57 Å². The monoisotopic (exact) mass is 246 g/mol. The summed E-state index contributed by atoms with van der Waals surface area (Å²) in [5, 5.41) is 0. The van der Waals surface area contributed by atoms with E-state index in [0.717, 1.165) is 5.57 Å². The minimum atomic E-state index is -1.04. The maximum Gasteiger partial charge on any atom is 0.208 e. The van der Waals surface area contributed by atoms with Crippen LogP contribution in [0.15, 0.2) is 47.1 Å². The molecule has 2 aliphatic carbocycles. The number of allylic oxidation sites excluding steroid dienone is 6. The molecule has 0 heterocycles. The highest BCUT2D eigenvalue weighted by Crippen LogP contribution is 2.32. The summed E-state index contributed by atoms with van der Waals surface area (Å²) in [5.41, 5.74) is 1.38. The molecule has 4 heteroatoms. The van der Waals surface area contributed by atoms with Gasteiger partial charge in [0.05, 0.1) is 5.57 Å². The predicted octanol–water partition coefficient (Wildman–Crippen LogP) is 1.50. The number of rotatable bonds is 3. The van der Waals surface area contributed by atoms with Gasteiger partial charge >= 0.3 is 0 Å². The van der Waals surface area contributed by atoms with Crippen LogP contribution in [0.25, 0.3) is 0 Å². The highest BCUT2D eigenvalue weighted by Gasteiger charge is 2.33. The Bertz CT molecular complexity index is 528. The number of fused-ring (bicyclic) bond motifs is 1. The van der Waals surface area contributed by atoms with Crippen molar-refractivity contribution < 1.29 is 19.1 Å². The van der Waals surface area contributed by atoms with Crippen LogP contribution in [0.1, 0.15) is 6.92 Å². The molecule has 0 aromatic heterocycles. The Morgan fingerprint density at radius 3 is 2.44 bits per heavy atom. The lowest BCUT2D eigenvalue weighted by Crippen LogP contribution is -2.33. The average molecular weight is 246 g/mol. The molecule has 18 heavy (non-hydrogen) atoms. The van der Waals surface area contributed by atoms with Crippen molar-refractivity contribution in [1.29, 1.82) is 0 Å². The lowest BCUT2D eigenvalue weighted by atomic mass is 9.85. The second kappa shape index (κ2) is 4.48. The maximum absolute atomic E-state index is 12.2. The van der Waals surface area contributed by atoms with E-state index in [1.165, 1.54) is 21.1 Å². The Labute approximate surface area is 105 Å². The van der Waals surface area contributed by atoms with Gasteiger partial charge in [-0.1, -0.05) is 12.2 Å². The summed E-state index contributed by atoms with van der Waals surface area (Å²) in [6.45, 7) is 1.38. The number of Topliss-reactive ketones (excluding diaryl/α,β-unsaturated/α-hetero) is 2. The van der Waals surface area contributed by atoms with Gasteiger partial charge in [0, 0.05) is 19.8 Å². The van der Waals surface area contributed by atoms with Crippen LogP contribution in [-0.4, -0.2) is 31.6 Å². The maximum atomic E-state index is 12.2. The van der Waals surface area contributed by atoms with E-state index in [-0.39, 0.29) is 17.1 Å². The van der Waals surface area contributed by atoms with Gasteiger partial charge in [0.1, 0.15) is 0 Å². The first-order chi connectivity index (χ1) is 8.53. The van der Waals surface area contributed by atoms with Gasteiger partial charge in [-0.25, -0.2) is 0 Å². The van der Waals surface area contributed by atoms with Crippen LogP contribution < -0.4 is 0 Å². The zero-order valence-corrected chi connectivity index (χ0v) is 10.5. The number of hydrogen-bond donors (Lipinski definition) is 0. The van der Waals surface area contributed by atoms with Crippen molar-refractivity contribution in [2.75, 3.05) is 14.2 Å². The van der Waals surface area contributed by atoms with Crippen molar-refractivity contribution in [1.82, 2.24) is 0 Å². The van der Waals surface area contributed by atoms with Crippen molar-refractivity contribution in [3.05, 3.63) is 47.1 Å². The van der Waals surface area contributed by atoms with Crippen LogP contribution in [0.4, 0.5) is 0 Å². The zero-order valence-electron chi connectivity index (χ0n) is 10.5. The lowest BCUT2D eigenvalue weighted by Gasteiger charge is -2.29. The predicted molar refractivity (Wildman–Crippen MR) is 65.8 cm³/mol. The molecule has 94 valence electrons. The molecule has 0 radical (unpaired) electrons. The van der Waals surface area contributed by atoms with E-state index in [1.807, 2.05) is 0 Å². The fraction of sp³-hybridized carbons (Fsp3) is 0.286.